The van der Waals surface area contributed by atoms with E-state index >= 15 is 0 Å². The summed E-state index contributed by atoms with van der Waals surface area (Å²) in [4.78, 5) is 16.5. The number of aliphatic hydroxyl groups excluding tert-OH is 1. The van der Waals surface area contributed by atoms with Crippen LogP contribution in [0.4, 0.5) is 4.79 Å². The zero-order chi connectivity index (χ0) is 16.2. The number of aliphatic hydroxyl groups is 1. The van der Waals surface area contributed by atoms with Crippen LogP contribution in [0.3, 0.4) is 0 Å². The Morgan fingerprint density at radius 1 is 1.41 bits per heavy atom. The van der Waals surface area contributed by atoms with Gasteiger partial charge in [-0.3, -0.25) is 0 Å². The molecule has 2 saturated heterocycles. The molecule has 2 aliphatic rings. The molecule has 0 aromatic heterocycles. The molecular weight excluding hydrogens is 282 g/mol. The Balaban J connectivity index is 1.80. The van der Waals surface area contributed by atoms with Crippen LogP contribution < -0.4 is 5.32 Å². The molecular formula is C16H31N3O3. The number of piperidine rings is 1. The number of likely N-dealkylation sites (tertiary alicyclic amines) is 1. The molecule has 6 heteroatoms. The van der Waals surface area contributed by atoms with Gasteiger partial charge in [0.05, 0.1) is 18.8 Å². The fourth-order valence-corrected chi connectivity index (χ4v) is 3.30. The van der Waals surface area contributed by atoms with Gasteiger partial charge in [-0.25, -0.2) is 4.79 Å². The van der Waals surface area contributed by atoms with E-state index in [0.717, 1.165) is 52.0 Å². The van der Waals surface area contributed by atoms with Crippen LogP contribution in [-0.2, 0) is 4.74 Å². The van der Waals surface area contributed by atoms with E-state index in [1.807, 2.05) is 11.8 Å². The molecule has 0 bridgehead atoms. The van der Waals surface area contributed by atoms with Gasteiger partial charge in [-0.2, -0.15) is 0 Å². The van der Waals surface area contributed by atoms with Gasteiger partial charge in [0.15, 0.2) is 0 Å². The lowest BCUT2D eigenvalue weighted by Gasteiger charge is -2.41. The molecule has 2 unspecified atom stereocenters. The van der Waals surface area contributed by atoms with Crippen molar-refractivity contribution in [1.82, 2.24) is 15.1 Å². The topological polar surface area (TPSA) is 65.0 Å². The van der Waals surface area contributed by atoms with E-state index in [2.05, 4.69) is 24.2 Å². The zero-order valence-corrected chi connectivity index (χ0v) is 14.2. The monoisotopic (exact) mass is 313 g/mol. The first-order valence-electron chi connectivity index (χ1n) is 8.46. The lowest BCUT2D eigenvalue weighted by Crippen LogP contribution is -2.55. The third-order valence-corrected chi connectivity index (χ3v) is 5.40. The van der Waals surface area contributed by atoms with E-state index in [-0.39, 0.29) is 30.2 Å². The van der Waals surface area contributed by atoms with Crippen molar-refractivity contribution in [2.24, 2.45) is 5.41 Å². The highest BCUT2D eigenvalue weighted by atomic mass is 16.5. The van der Waals surface area contributed by atoms with E-state index in [1.165, 1.54) is 0 Å². The number of rotatable bonds is 4. The van der Waals surface area contributed by atoms with Crippen LogP contribution in [0.2, 0.25) is 0 Å². The number of morpholine rings is 1. The molecule has 0 saturated carbocycles. The highest BCUT2D eigenvalue weighted by molar-refractivity contribution is 5.74. The first-order chi connectivity index (χ1) is 10.5. The lowest BCUT2D eigenvalue weighted by atomic mass is 9.77. The van der Waals surface area contributed by atoms with Gasteiger partial charge in [0, 0.05) is 32.8 Å². The zero-order valence-electron chi connectivity index (χ0n) is 14.2. The number of likely N-dealkylation sites (N-methyl/N-ethyl adjacent to an activating group) is 1. The van der Waals surface area contributed by atoms with E-state index in [4.69, 9.17) is 4.74 Å². The third-order valence-electron chi connectivity index (χ3n) is 5.40. The van der Waals surface area contributed by atoms with Crippen LogP contribution in [0.15, 0.2) is 0 Å². The smallest absolute Gasteiger partial charge is 0.317 e. The first kappa shape index (κ1) is 17.5. The molecule has 6 nitrogen and oxygen atoms in total. The summed E-state index contributed by atoms with van der Waals surface area (Å²) in [5, 5.41) is 12.6. The maximum atomic E-state index is 12.4. The molecule has 2 fully saturated rings. The molecule has 2 amide bonds. The average Bonchev–Trinajstić information content (AvgIpc) is 2.54. The van der Waals surface area contributed by atoms with Crippen molar-refractivity contribution < 1.29 is 14.6 Å². The van der Waals surface area contributed by atoms with Crippen molar-refractivity contribution in [3.8, 4) is 0 Å². The summed E-state index contributed by atoms with van der Waals surface area (Å²) in [6.07, 6.45) is 2.78. The fourth-order valence-electron chi connectivity index (χ4n) is 3.30. The van der Waals surface area contributed by atoms with Gasteiger partial charge < -0.3 is 25.0 Å². The number of hydrogen-bond donors (Lipinski definition) is 2. The van der Waals surface area contributed by atoms with Gasteiger partial charge in [0.1, 0.15) is 0 Å². The highest BCUT2D eigenvalue weighted by Gasteiger charge is 2.34. The minimum Gasteiger partial charge on any atom is -0.396 e. The predicted octanol–water partition coefficient (Wildman–Crippen LogP) is 0.900. The number of carbonyl (C=O) groups excluding carboxylic acids is 1. The fraction of sp³-hybridized carbons (Fsp3) is 0.938. The Morgan fingerprint density at radius 2 is 2.09 bits per heavy atom. The van der Waals surface area contributed by atoms with Crippen molar-refractivity contribution in [3.05, 3.63) is 0 Å². The normalized spacial score (nSPS) is 27.5. The number of urea groups is 1. The van der Waals surface area contributed by atoms with E-state index < -0.39 is 0 Å². The SMILES string of the molecule is CCC1(CO)CCN(C(=O)NC(C)C2CN(C)CCO2)CC1. The van der Waals surface area contributed by atoms with Gasteiger partial charge in [0.2, 0.25) is 0 Å². The minimum absolute atomic E-state index is 0.00551. The second-order valence-corrected chi connectivity index (χ2v) is 6.91. The largest absolute Gasteiger partial charge is 0.396 e. The molecule has 2 heterocycles. The Bertz CT molecular complexity index is 364. The van der Waals surface area contributed by atoms with Crippen LogP contribution in [0, 0.1) is 5.41 Å². The molecule has 22 heavy (non-hydrogen) atoms. The van der Waals surface area contributed by atoms with E-state index in [1.54, 1.807) is 0 Å². The van der Waals surface area contributed by atoms with Crippen LogP contribution in [-0.4, -0.2) is 79.5 Å². The van der Waals surface area contributed by atoms with Crippen molar-refractivity contribution in [2.45, 2.75) is 45.3 Å². The third kappa shape index (κ3) is 4.12. The molecule has 128 valence electrons. The minimum atomic E-state index is -0.00744. The van der Waals surface area contributed by atoms with E-state index in [9.17, 15) is 9.90 Å². The molecule has 2 rings (SSSR count). The molecule has 0 aliphatic carbocycles. The summed E-state index contributed by atoms with van der Waals surface area (Å²) in [5.41, 5.74) is 0.0115. The van der Waals surface area contributed by atoms with Crippen molar-refractivity contribution in [1.29, 1.82) is 0 Å². The Morgan fingerprint density at radius 3 is 2.64 bits per heavy atom. The number of hydrogen-bond acceptors (Lipinski definition) is 4. The molecule has 2 aliphatic heterocycles. The molecule has 2 atom stereocenters. The maximum absolute atomic E-state index is 12.4. The van der Waals surface area contributed by atoms with Gasteiger partial charge in [-0.15, -0.1) is 0 Å². The Hall–Kier alpha value is -0.850. The second kappa shape index (κ2) is 7.62. The van der Waals surface area contributed by atoms with E-state index in [0.29, 0.717) is 0 Å². The molecule has 0 radical (unpaired) electrons. The summed E-state index contributed by atoms with van der Waals surface area (Å²) < 4.78 is 5.76. The van der Waals surface area contributed by atoms with Crippen LogP contribution in [0.1, 0.15) is 33.1 Å². The summed E-state index contributed by atoms with van der Waals surface area (Å²) in [6, 6.07) is -0.00193. The molecule has 2 N–H and O–H groups in total. The van der Waals surface area contributed by atoms with Crippen molar-refractivity contribution in [3.63, 3.8) is 0 Å². The highest BCUT2D eigenvalue weighted by Crippen LogP contribution is 2.34. The quantitative estimate of drug-likeness (QED) is 0.809. The van der Waals surface area contributed by atoms with Crippen molar-refractivity contribution >= 4 is 6.03 Å². The molecule has 0 spiro atoms. The lowest BCUT2D eigenvalue weighted by molar-refractivity contribution is -0.0344. The standard InChI is InChI=1S/C16H31N3O3/c1-4-16(12-20)5-7-19(8-6-16)15(21)17-13(2)14-11-18(3)9-10-22-14/h13-14,20H,4-12H2,1-3H3,(H,17,21). The number of amides is 2. The van der Waals surface area contributed by atoms with Gasteiger partial charge in [-0.1, -0.05) is 6.92 Å². The Kier molecular flexibility index (Phi) is 6.06. The van der Waals surface area contributed by atoms with Crippen LogP contribution >= 0.6 is 0 Å². The average molecular weight is 313 g/mol. The van der Waals surface area contributed by atoms with Crippen molar-refractivity contribution in [2.75, 3.05) is 46.4 Å². The second-order valence-electron chi connectivity index (χ2n) is 6.91. The summed E-state index contributed by atoms with van der Waals surface area (Å²) >= 11 is 0. The summed E-state index contributed by atoms with van der Waals surface area (Å²) in [6.45, 7) is 8.31. The Labute approximate surface area is 133 Å². The summed E-state index contributed by atoms with van der Waals surface area (Å²) in [7, 11) is 2.08. The number of ether oxygens (including phenoxy) is 1. The molecule has 0 aromatic carbocycles. The maximum Gasteiger partial charge on any atom is 0.317 e. The number of carbonyl (C=O) groups is 1. The van der Waals surface area contributed by atoms with Gasteiger partial charge in [-0.05, 0) is 38.6 Å². The van der Waals surface area contributed by atoms with Gasteiger partial charge >= 0.3 is 6.03 Å². The molecule has 0 aromatic rings. The van der Waals surface area contributed by atoms with Crippen LogP contribution in [0.25, 0.3) is 0 Å². The predicted molar refractivity (Wildman–Crippen MR) is 85.8 cm³/mol. The number of nitrogens with one attached hydrogen (secondary N) is 1. The van der Waals surface area contributed by atoms with Gasteiger partial charge in [0.25, 0.3) is 0 Å². The summed E-state index contributed by atoms with van der Waals surface area (Å²) in [5.74, 6) is 0. The van der Waals surface area contributed by atoms with Crippen LogP contribution in [0.5, 0.6) is 0 Å². The first-order valence-corrected chi connectivity index (χ1v) is 8.46. The number of nitrogens with zero attached hydrogens (tertiary/aromatic N) is 2.